The number of halogens is 1. The second-order valence-corrected chi connectivity index (χ2v) is 8.25. The normalized spacial score (nSPS) is 13.1. The molecule has 0 radical (unpaired) electrons. The van der Waals surface area contributed by atoms with Crippen LogP contribution in [-0.2, 0) is 9.84 Å². The van der Waals surface area contributed by atoms with Crippen LogP contribution < -0.4 is 0 Å². The molecule has 1 atom stereocenters. The molecule has 2 aromatic carbocycles. The number of rotatable bonds is 4. The van der Waals surface area contributed by atoms with Crippen LogP contribution >= 0.6 is 23.4 Å². The quantitative estimate of drug-likeness (QED) is 0.914. The Morgan fingerprint density at radius 2 is 1.76 bits per heavy atom. The van der Waals surface area contributed by atoms with Crippen LogP contribution in [0.3, 0.4) is 0 Å². The summed E-state index contributed by atoms with van der Waals surface area (Å²) >= 11 is 7.64. The molecule has 2 rings (SSSR count). The van der Waals surface area contributed by atoms with Crippen LogP contribution in [-0.4, -0.2) is 19.8 Å². The van der Waals surface area contributed by atoms with Gasteiger partial charge in [0.15, 0.2) is 9.84 Å². The van der Waals surface area contributed by atoms with Gasteiger partial charge in [0.25, 0.3) is 0 Å². The molecule has 0 fully saturated rings. The molecule has 0 saturated heterocycles. The maximum absolute atomic E-state index is 11.4. The first-order chi connectivity index (χ1) is 9.77. The van der Waals surface area contributed by atoms with Gasteiger partial charge in [0.2, 0.25) is 0 Å². The van der Waals surface area contributed by atoms with Gasteiger partial charge in [-0.25, -0.2) is 8.42 Å². The van der Waals surface area contributed by atoms with E-state index < -0.39 is 15.9 Å². The van der Waals surface area contributed by atoms with Crippen LogP contribution in [0.4, 0.5) is 0 Å². The van der Waals surface area contributed by atoms with E-state index in [1.54, 1.807) is 37.3 Å². The molecule has 0 unspecified atom stereocenters. The first-order valence-corrected chi connectivity index (χ1v) is 9.31. The number of aliphatic hydroxyl groups excluding tert-OH is 1. The monoisotopic (exact) mass is 342 g/mol. The molecule has 0 aliphatic heterocycles. The number of hydrogen-bond acceptors (Lipinski definition) is 4. The van der Waals surface area contributed by atoms with E-state index in [1.807, 2.05) is 12.1 Å². The van der Waals surface area contributed by atoms with Gasteiger partial charge in [-0.15, -0.1) is 0 Å². The smallest absolute Gasteiger partial charge is 0.175 e. The minimum Gasteiger partial charge on any atom is -0.389 e. The summed E-state index contributed by atoms with van der Waals surface area (Å²) in [5.74, 6) is 0. The summed E-state index contributed by atoms with van der Waals surface area (Å²) in [7, 11) is -3.18. The van der Waals surface area contributed by atoms with Gasteiger partial charge in [0.1, 0.15) is 0 Å². The van der Waals surface area contributed by atoms with Crippen molar-refractivity contribution in [2.75, 3.05) is 6.26 Å². The first kappa shape index (κ1) is 16.4. The van der Waals surface area contributed by atoms with Crippen LogP contribution in [0.1, 0.15) is 18.6 Å². The van der Waals surface area contributed by atoms with Crippen molar-refractivity contribution in [2.24, 2.45) is 0 Å². The number of hydrogen-bond donors (Lipinski definition) is 1. The highest BCUT2D eigenvalue weighted by Crippen LogP contribution is 2.35. The predicted molar refractivity (Wildman–Crippen MR) is 85.8 cm³/mol. The minimum atomic E-state index is -3.18. The van der Waals surface area contributed by atoms with Crippen molar-refractivity contribution < 1.29 is 13.5 Å². The maximum atomic E-state index is 11.4. The Labute approximate surface area is 133 Å². The van der Waals surface area contributed by atoms with Gasteiger partial charge in [-0.05, 0) is 48.9 Å². The standard InChI is InChI=1S/C15H15ClO3S2/c1-10(17)11-3-8-15(14(16)9-11)20-12-4-6-13(7-5-12)21(2,18)19/h3-10,17H,1-2H3/t10-/m1/s1. The van der Waals surface area contributed by atoms with Gasteiger partial charge < -0.3 is 5.11 Å². The Bertz CT molecular complexity index is 738. The summed E-state index contributed by atoms with van der Waals surface area (Å²) < 4.78 is 22.8. The third kappa shape index (κ3) is 4.23. The van der Waals surface area contributed by atoms with Gasteiger partial charge in [0, 0.05) is 16.0 Å². The zero-order valence-corrected chi connectivity index (χ0v) is 14.0. The fraction of sp³-hybridized carbons (Fsp3) is 0.200. The molecule has 0 aliphatic carbocycles. The lowest BCUT2D eigenvalue weighted by Gasteiger charge is -2.09. The summed E-state index contributed by atoms with van der Waals surface area (Å²) in [6.07, 6.45) is 0.622. The van der Waals surface area contributed by atoms with Crippen molar-refractivity contribution >= 4 is 33.2 Å². The highest BCUT2D eigenvalue weighted by Gasteiger charge is 2.09. The number of sulfone groups is 1. The topological polar surface area (TPSA) is 54.4 Å². The van der Waals surface area contributed by atoms with Crippen molar-refractivity contribution in [2.45, 2.75) is 27.7 Å². The summed E-state index contributed by atoms with van der Waals surface area (Å²) in [5, 5.41) is 10.1. The lowest BCUT2D eigenvalue weighted by atomic mass is 10.1. The fourth-order valence-electron chi connectivity index (χ4n) is 1.74. The zero-order chi connectivity index (χ0) is 15.6. The molecule has 0 heterocycles. The third-order valence-corrected chi connectivity index (χ3v) is 5.56. The molecule has 6 heteroatoms. The summed E-state index contributed by atoms with van der Waals surface area (Å²) in [5.41, 5.74) is 0.761. The molecule has 0 aliphatic rings. The first-order valence-electron chi connectivity index (χ1n) is 6.23. The summed E-state index contributed by atoms with van der Waals surface area (Å²) in [6, 6.07) is 12.1. The van der Waals surface area contributed by atoms with Crippen LogP contribution in [0, 0.1) is 0 Å². The van der Waals surface area contributed by atoms with Crippen LogP contribution in [0.25, 0.3) is 0 Å². The van der Waals surface area contributed by atoms with Crippen molar-refractivity contribution in [3.05, 3.63) is 53.1 Å². The van der Waals surface area contributed by atoms with E-state index in [-0.39, 0.29) is 0 Å². The number of aliphatic hydroxyl groups is 1. The van der Waals surface area contributed by atoms with E-state index in [2.05, 4.69) is 0 Å². The Morgan fingerprint density at radius 1 is 1.14 bits per heavy atom. The van der Waals surface area contributed by atoms with Crippen molar-refractivity contribution in [1.82, 2.24) is 0 Å². The second-order valence-electron chi connectivity index (χ2n) is 4.71. The summed E-state index contributed by atoms with van der Waals surface area (Å²) in [4.78, 5) is 2.05. The zero-order valence-electron chi connectivity index (χ0n) is 11.6. The Hall–Kier alpha value is -1.01. The van der Waals surface area contributed by atoms with Gasteiger partial charge >= 0.3 is 0 Å². The van der Waals surface area contributed by atoms with Crippen LogP contribution in [0.2, 0.25) is 5.02 Å². The lowest BCUT2D eigenvalue weighted by Crippen LogP contribution is -1.96. The fourth-order valence-corrected chi connectivity index (χ4v) is 3.50. The molecule has 3 nitrogen and oxygen atoms in total. The molecule has 0 saturated carbocycles. The second kappa shape index (κ2) is 6.40. The predicted octanol–water partition coefficient (Wildman–Crippen LogP) is 3.95. The molecular formula is C15H15ClO3S2. The van der Waals surface area contributed by atoms with E-state index in [4.69, 9.17) is 11.6 Å². The van der Waals surface area contributed by atoms with Gasteiger partial charge in [-0.2, -0.15) is 0 Å². The highest BCUT2D eigenvalue weighted by molar-refractivity contribution is 7.99. The van der Waals surface area contributed by atoms with Gasteiger partial charge in [-0.3, -0.25) is 0 Å². The van der Waals surface area contributed by atoms with E-state index in [9.17, 15) is 13.5 Å². The van der Waals surface area contributed by atoms with Crippen molar-refractivity contribution in [1.29, 1.82) is 0 Å². The molecule has 0 amide bonds. The van der Waals surface area contributed by atoms with Crippen molar-refractivity contribution in [3.63, 3.8) is 0 Å². The van der Waals surface area contributed by atoms with Crippen molar-refractivity contribution in [3.8, 4) is 0 Å². The van der Waals surface area contributed by atoms with Gasteiger partial charge in [-0.1, -0.05) is 29.4 Å². The average molecular weight is 343 g/mol. The van der Waals surface area contributed by atoms with Crippen LogP contribution in [0.5, 0.6) is 0 Å². The Morgan fingerprint density at radius 3 is 2.24 bits per heavy atom. The average Bonchev–Trinajstić information content (AvgIpc) is 2.40. The largest absolute Gasteiger partial charge is 0.389 e. The van der Waals surface area contributed by atoms with E-state index >= 15 is 0 Å². The number of benzene rings is 2. The Balaban J connectivity index is 2.22. The SMILES string of the molecule is C[C@@H](O)c1ccc(Sc2ccc(S(C)(=O)=O)cc2)c(Cl)c1. The third-order valence-electron chi connectivity index (χ3n) is 2.92. The highest BCUT2D eigenvalue weighted by atomic mass is 35.5. The molecule has 0 bridgehead atoms. The van der Waals surface area contributed by atoms with Crippen LogP contribution in [0.15, 0.2) is 57.2 Å². The molecule has 112 valence electrons. The Kier molecular flexibility index (Phi) is 4.99. The molecule has 0 aromatic heterocycles. The molecule has 1 N–H and O–H groups in total. The lowest BCUT2D eigenvalue weighted by molar-refractivity contribution is 0.199. The van der Waals surface area contributed by atoms with E-state index in [0.717, 1.165) is 15.4 Å². The minimum absolute atomic E-state index is 0.294. The summed E-state index contributed by atoms with van der Waals surface area (Å²) in [6.45, 7) is 1.68. The van der Waals surface area contributed by atoms with E-state index in [1.165, 1.54) is 18.0 Å². The molecule has 0 spiro atoms. The molecule has 21 heavy (non-hydrogen) atoms. The maximum Gasteiger partial charge on any atom is 0.175 e. The van der Waals surface area contributed by atoms with Gasteiger partial charge in [0.05, 0.1) is 16.0 Å². The molecule has 2 aromatic rings. The van der Waals surface area contributed by atoms with E-state index in [0.29, 0.717) is 9.92 Å². The molecular weight excluding hydrogens is 328 g/mol.